The molecule has 0 saturated heterocycles. The fourth-order valence-corrected chi connectivity index (χ4v) is 3.01. The SMILES string of the molecule is CON=C(C)c1ccc(OCc2c(C)cccc2-n2nnn(C)c2=O)cc1C. The average Bonchev–Trinajstić information content (AvgIpc) is 2.99. The zero-order valence-corrected chi connectivity index (χ0v) is 16.6. The number of oxime groups is 1. The third-order valence-electron chi connectivity index (χ3n) is 4.53. The Bertz CT molecular complexity index is 1080. The predicted molar refractivity (Wildman–Crippen MR) is 106 cm³/mol. The first-order valence-corrected chi connectivity index (χ1v) is 8.81. The molecule has 3 aromatic rings. The van der Waals surface area contributed by atoms with Crippen molar-refractivity contribution in [3.05, 3.63) is 69.1 Å². The average molecular weight is 381 g/mol. The van der Waals surface area contributed by atoms with Gasteiger partial charge in [-0.25, -0.2) is 4.79 Å². The molecule has 0 aliphatic heterocycles. The molecule has 0 spiro atoms. The van der Waals surface area contributed by atoms with Crippen molar-refractivity contribution < 1.29 is 9.57 Å². The maximum Gasteiger partial charge on any atom is 0.368 e. The summed E-state index contributed by atoms with van der Waals surface area (Å²) in [6.07, 6.45) is 0. The van der Waals surface area contributed by atoms with Crippen molar-refractivity contribution >= 4 is 5.71 Å². The summed E-state index contributed by atoms with van der Waals surface area (Å²) in [5, 5.41) is 11.7. The molecule has 0 unspecified atom stereocenters. The number of nitrogens with zero attached hydrogens (tertiary/aromatic N) is 5. The van der Waals surface area contributed by atoms with Crippen molar-refractivity contribution in [2.75, 3.05) is 7.11 Å². The van der Waals surface area contributed by atoms with E-state index in [1.807, 2.05) is 57.2 Å². The van der Waals surface area contributed by atoms with Crippen LogP contribution in [0.25, 0.3) is 5.69 Å². The summed E-state index contributed by atoms with van der Waals surface area (Å²) in [5.74, 6) is 0.729. The molecule has 1 aromatic heterocycles. The Kier molecular flexibility index (Phi) is 5.58. The molecular weight excluding hydrogens is 358 g/mol. The minimum Gasteiger partial charge on any atom is -0.489 e. The van der Waals surface area contributed by atoms with Gasteiger partial charge in [-0.3, -0.25) is 0 Å². The van der Waals surface area contributed by atoms with Gasteiger partial charge in [0.05, 0.1) is 11.4 Å². The molecule has 0 atom stereocenters. The quantitative estimate of drug-likeness (QED) is 0.484. The van der Waals surface area contributed by atoms with Crippen molar-refractivity contribution in [3.63, 3.8) is 0 Å². The number of aromatic nitrogens is 4. The number of aryl methyl sites for hydroxylation is 3. The Balaban J connectivity index is 1.88. The number of hydrogen-bond acceptors (Lipinski definition) is 6. The van der Waals surface area contributed by atoms with Crippen LogP contribution in [0.2, 0.25) is 0 Å². The molecule has 146 valence electrons. The van der Waals surface area contributed by atoms with E-state index in [9.17, 15) is 4.79 Å². The summed E-state index contributed by atoms with van der Waals surface area (Å²) in [4.78, 5) is 17.1. The molecule has 0 aliphatic rings. The van der Waals surface area contributed by atoms with Crippen LogP contribution in [0, 0.1) is 13.8 Å². The minimum absolute atomic E-state index is 0.301. The van der Waals surface area contributed by atoms with E-state index in [1.54, 1.807) is 7.05 Å². The smallest absolute Gasteiger partial charge is 0.368 e. The fourth-order valence-electron chi connectivity index (χ4n) is 3.01. The predicted octanol–water partition coefficient (Wildman–Crippen LogP) is 2.53. The number of hydrogen-bond donors (Lipinski definition) is 0. The second-order valence-electron chi connectivity index (χ2n) is 6.49. The molecule has 0 N–H and O–H groups in total. The molecule has 8 nitrogen and oxygen atoms in total. The topological polar surface area (TPSA) is 83.5 Å². The van der Waals surface area contributed by atoms with Gasteiger partial charge >= 0.3 is 5.69 Å². The molecular formula is C20H23N5O3. The molecule has 0 radical (unpaired) electrons. The minimum atomic E-state index is -0.306. The van der Waals surface area contributed by atoms with E-state index in [2.05, 4.69) is 15.6 Å². The monoisotopic (exact) mass is 381 g/mol. The Labute approximate surface area is 163 Å². The van der Waals surface area contributed by atoms with Crippen LogP contribution in [0.1, 0.15) is 29.2 Å². The highest BCUT2D eigenvalue weighted by atomic mass is 16.6. The molecule has 3 rings (SSSR count). The number of ether oxygens (including phenoxy) is 1. The van der Waals surface area contributed by atoms with Crippen LogP contribution in [-0.4, -0.2) is 32.6 Å². The van der Waals surface area contributed by atoms with Gasteiger partial charge in [-0.05, 0) is 66.6 Å². The molecule has 0 aliphatic carbocycles. The molecule has 0 amide bonds. The Morgan fingerprint density at radius 2 is 1.93 bits per heavy atom. The van der Waals surface area contributed by atoms with E-state index in [-0.39, 0.29) is 5.69 Å². The first kappa shape index (κ1) is 19.3. The Hall–Kier alpha value is -3.42. The summed E-state index contributed by atoms with van der Waals surface area (Å²) >= 11 is 0. The van der Waals surface area contributed by atoms with Gasteiger partial charge < -0.3 is 9.57 Å². The van der Waals surface area contributed by atoms with E-state index < -0.39 is 0 Å². The van der Waals surface area contributed by atoms with E-state index in [0.717, 1.165) is 33.7 Å². The summed E-state index contributed by atoms with van der Waals surface area (Å²) in [5.41, 5.74) is 5.07. The van der Waals surface area contributed by atoms with Gasteiger partial charge in [-0.15, -0.1) is 0 Å². The highest BCUT2D eigenvalue weighted by molar-refractivity contribution is 5.99. The van der Waals surface area contributed by atoms with E-state index >= 15 is 0 Å². The van der Waals surface area contributed by atoms with Gasteiger partial charge in [-0.1, -0.05) is 17.3 Å². The number of benzene rings is 2. The Morgan fingerprint density at radius 3 is 2.57 bits per heavy atom. The summed E-state index contributed by atoms with van der Waals surface area (Å²) < 4.78 is 8.49. The summed E-state index contributed by atoms with van der Waals surface area (Å²) in [7, 11) is 3.09. The van der Waals surface area contributed by atoms with E-state index in [1.165, 1.54) is 16.5 Å². The van der Waals surface area contributed by atoms with Crippen molar-refractivity contribution in [1.29, 1.82) is 0 Å². The summed E-state index contributed by atoms with van der Waals surface area (Å²) in [6.45, 7) is 6.16. The van der Waals surface area contributed by atoms with Gasteiger partial charge in [0.1, 0.15) is 19.5 Å². The van der Waals surface area contributed by atoms with E-state index in [0.29, 0.717) is 12.3 Å². The molecule has 2 aromatic carbocycles. The largest absolute Gasteiger partial charge is 0.489 e. The zero-order chi connectivity index (χ0) is 20.3. The lowest BCUT2D eigenvalue weighted by Gasteiger charge is -2.14. The molecule has 8 heteroatoms. The fraction of sp³-hybridized carbons (Fsp3) is 0.300. The van der Waals surface area contributed by atoms with Gasteiger partial charge in [-0.2, -0.15) is 9.36 Å². The molecule has 0 saturated carbocycles. The third kappa shape index (κ3) is 3.80. The zero-order valence-electron chi connectivity index (χ0n) is 16.6. The van der Waals surface area contributed by atoms with Crippen LogP contribution < -0.4 is 10.4 Å². The second-order valence-corrected chi connectivity index (χ2v) is 6.49. The maximum absolute atomic E-state index is 12.2. The highest BCUT2D eigenvalue weighted by Gasteiger charge is 2.14. The maximum atomic E-state index is 12.2. The van der Waals surface area contributed by atoms with Crippen LogP contribution in [0.5, 0.6) is 5.75 Å². The van der Waals surface area contributed by atoms with E-state index in [4.69, 9.17) is 9.57 Å². The van der Waals surface area contributed by atoms with Gasteiger partial charge in [0.25, 0.3) is 0 Å². The first-order chi connectivity index (χ1) is 13.4. The first-order valence-electron chi connectivity index (χ1n) is 8.81. The Morgan fingerprint density at radius 1 is 1.14 bits per heavy atom. The van der Waals surface area contributed by atoms with Crippen LogP contribution >= 0.6 is 0 Å². The molecule has 1 heterocycles. The van der Waals surface area contributed by atoms with Crippen molar-refractivity contribution in [1.82, 2.24) is 19.8 Å². The van der Waals surface area contributed by atoms with Crippen LogP contribution in [-0.2, 0) is 18.5 Å². The molecule has 28 heavy (non-hydrogen) atoms. The molecule has 0 bridgehead atoms. The summed E-state index contributed by atoms with van der Waals surface area (Å²) in [6, 6.07) is 11.5. The van der Waals surface area contributed by atoms with Crippen molar-refractivity contribution in [3.8, 4) is 11.4 Å². The van der Waals surface area contributed by atoms with Crippen LogP contribution in [0.4, 0.5) is 0 Å². The normalized spacial score (nSPS) is 11.5. The molecule has 0 fully saturated rings. The lowest BCUT2D eigenvalue weighted by atomic mass is 10.0. The second kappa shape index (κ2) is 8.08. The van der Waals surface area contributed by atoms with Crippen molar-refractivity contribution in [2.45, 2.75) is 27.4 Å². The third-order valence-corrected chi connectivity index (χ3v) is 4.53. The van der Waals surface area contributed by atoms with Gasteiger partial charge in [0.15, 0.2) is 0 Å². The van der Waals surface area contributed by atoms with Crippen LogP contribution in [0.3, 0.4) is 0 Å². The van der Waals surface area contributed by atoms with Gasteiger partial charge in [0, 0.05) is 18.2 Å². The van der Waals surface area contributed by atoms with Gasteiger partial charge in [0.2, 0.25) is 0 Å². The lowest BCUT2D eigenvalue weighted by molar-refractivity contribution is 0.213. The number of tetrazole rings is 1. The van der Waals surface area contributed by atoms with Crippen molar-refractivity contribution in [2.24, 2.45) is 12.2 Å². The number of rotatable bonds is 6. The standard InChI is InChI=1S/C20H23N5O3/c1-13-7-6-8-19(25-20(26)24(4)22-23-25)18(13)12-28-16-9-10-17(14(2)11-16)15(3)21-27-5/h6-11H,12H2,1-5H3. The highest BCUT2D eigenvalue weighted by Crippen LogP contribution is 2.22. The van der Waals surface area contributed by atoms with Crippen LogP contribution in [0.15, 0.2) is 46.3 Å². The lowest BCUT2D eigenvalue weighted by Crippen LogP contribution is -2.23.